The molecule has 0 saturated carbocycles. The van der Waals surface area contributed by atoms with Crippen LogP contribution in [0.1, 0.15) is 55.4 Å². The molecule has 1 fully saturated rings. The zero-order chi connectivity index (χ0) is 21.5. The summed E-state index contributed by atoms with van der Waals surface area (Å²) >= 11 is 0. The molecule has 2 N–H and O–H groups in total. The van der Waals surface area contributed by atoms with Gasteiger partial charge in [0.2, 0.25) is 0 Å². The molecule has 1 aromatic carbocycles. The minimum absolute atomic E-state index is 0.124. The summed E-state index contributed by atoms with van der Waals surface area (Å²) in [5, 5.41) is 15.6. The largest absolute Gasteiger partial charge is 0.488 e. The molecule has 1 saturated heterocycles. The molecular weight excluding hydrogens is 392 g/mol. The molecule has 0 aliphatic carbocycles. The monoisotopic (exact) mass is 426 g/mol. The van der Waals surface area contributed by atoms with E-state index in [1.165, 1.54) is 24.8 Å². The fraction of sp³-hybridized carbons (Fsp3) is 0.609. The second-order valence-electron chi connectivity index (χ2n) is 8.26. The maximum atomic E-state index is 6.22. The van der Waals surface area contributed by atoms with Gasteiger partial charge >= 0.3 is 0 Å². The Morgan fingerprint density at radius 1 is 1.26 bits per heavy atom. The Balaban J connectivity index is 1.43. The molecular formula is C23H34N6O2. The van der Waals surface area contributed by atoms with Crippen LogP contribution in [0.4, 0.5) is 0 Å². The van der Waals surface area contributed by atoms with Crippen LogP contribution in [-0.4, -0.2) is 46.6 Å². The van der Waals surface area contributed by atoms with Gasteiger partial charge in [0.25, 0.3) is 0 Å². The first kappa shape index (κ1) is 21.6. The molecule has 2 aromatic rings. The Kier molecular flexibility index (Phi) is 7.40. The van der Waals surface area contributed by atoms with E-state index in [0.717, 1.165) is 61.5 Å². The SMILES string of the molecule is CCNC(=NCc1ccc(C)cc1OC1CCOC1)NCc1nnc2n1CCCCC2. The number of benzene rings is 1. The van der Waals surface area contributed by atoms with Crippen LogP contribution in [0.3, 0.4) is 0 Å². The quantitative estimate of drug-likeness (QED) is 0.523. The lowest BCUT2D eigenvalue weighted by Crippen LogP contribution is -2.37. The van der Waals surface area contributed by atoms with Gasteiger partial charge in [-0.25, -0.2) is 4.99 Å². The molecule has 0 spiro atoms. The average molecular weight is 427 g/mol. The van der Waals surface area contributed by atoms with Gasteiger partial charge in [-0.15, -0.1) is 10.2 Å². The zero-order valence-electron chi connectivity index (χ0n) is 18.7. The van der Waals surface area contributed by atoms with Crippen molar-refractivity contribution >= 4 is 5.96 Å². The standard InChI is InChI=1S/C23H34N6O2/c1-3-24-23(26-15-22-28-27-21-7-5-4-6-11-29(21)22)25-14-18-9-8-17(2)13-20(18)31-19-10-12-30-16-19/h8-9,13,19H,3-7,10-12,14-16H2,1-2H3,(H2,24,25,26). The molecule has 0 radical (unpaired) electrons. The average Bonchev–Trinajstić information content (AvgIpc) is 3.35. The summed E-state index contributed by atoms with van der Waals surface area (Å²) in [5.74, 6) is 3.75. The maximum absolute atomic E-state index is 6.22. The van der Waals surface area contributed by atoms with Crippen LogP contribution in [0.15, 0.2) is 23.2 Å². The number of fused-ring (bicyclic) bond motifs is 1. The van der Waals surface area contributed by atoms with E-state index in [2.05, 4.69) is 57.4 Å². The summed E-state index contributed by atoms with van der Waals surface area (Å²) < 4.78 is 13.9. The van der Waals surface area contributed by atoms with E-state index in [9.17, 15) is 0 Å². The van der Waals surface area contributed by atoms with Crippen molar-refractivity contribution in [3.63, 3.8) is 0 Å². The molecule has 4 rings (SSSR count). The number of ether oxygens (including phenoxy) is 2. The Bertz CT molecular complexity index is 888. The minimum atomic E-state index is 0.124. The fourth-order valence-corrected chi connectivity index (χ4v) is 4.03. The molecule has 0 bridgehead atoms. The minimum Gasteiger partial charge on any atom is -0.488 e. The topological polar surface area (TPSA) is 85.6 Å². The van der Waals surface area contributed by atoms with Gasteiger partial charge in [-0.1, -0.05) is 18.6 Å². The van der Waals surface area contributed by atoms with E-state index in [1.807, 2.05) is 0 Å². The van der Waals surface area contributed by atoms with Crippen molar-refractivity contribution in [2.75, 3.05) is 19.8 Å². The molecule has 168 valence electrons. The molecule has 2 aliphatic heterocycles. The third kappa shape index (κ3) is 5.76. The zero-order valence-corrected chi connectivity index (χ0v) is 18.7. The van der Waals surface area contributed by atoms with Gasteiger partial charge in [-0.05, 0) is 38.3 Å². The number of aryl methyl sites for hydroxylation is 2. The number of aliphatic imine (C=N–C) groups is 1. The molecule has 3 heterocycles. The molecule has 31 heavy (non-hydrogen) atoms. The third-order valence-corrected chi connectivity index (χ3v) is 5.76. The van der Waals surface area contributed by atoms with Crippen LogP contribution in [-0.2, 0) is 30.8 Å². The lowest BCUT2D eigenvalue weighted by atomic mass is 10.1. The summed E-state index contributed by atoms with van der Waals surface area (Å²) in [4.78, 5) is 4.80. The van der Waals surface area contributed by atoms with E-state index in [0.29, 0.717) is 19.7 Å². The van der Waals surface area contributed by atoms with Crippen LogP contribution >= 0.6 is 0 Å². The van der Waals surface area contributed by atoms with Gasteiger partial charge in [0.05, 0.1) is 26.3 Å². The molecule has 0 amide bonds. The number of guanidine groups is 1. The van der Waals surface area contributed by atoms with E-state index < -0.39 is 0 Å². The second kappa shape index (κ2) is 10.6. The molecule has 8 heteroatoms. The van der Waals surface area contributed by atoms with Gasteiger partial charge in [0.15, 0.2) is 11.8 Å². The van der Waals surface area contributed by atoms with Crippen molar-refractivity contribution in [1.29, 1.82) is 0 Å². The molecule has 8 nitrogen and oxygen atoms in total. The third-order valence-electron chi connectivity index (χ3n) is 5.76. The Hall–Kier alpha value is -2.61. The number of nitrogens with zero attached hydrogens (tertiary/aromatic N) is 4. The first-order valence-corrected chi connectivity index (χ1v) is 11.5. The van der Waals surface area contributed by atoms with Crippen LogP contribution < -0.4 is 15.4 Å². The van der Waals surface area contributed by atoms with Gasteiger partial charge in [-0.3, -0.25) is 0 Å². The van der Waals surface area contributed by atoms with Crippen molar-refractivity contribution in [2.45, 2.75) is 71.7 Å². The molecule has 1 unspecified atom stereocenters. The predicted octanol–water partition coefficient (Wildman–Crippen LogP) is 2.74. The van der Waals surface area contributed by atoms with Crippen molar-refractivity contribution in [3.05, 3.63) is 41.0 Å². The van der Waals surface area contributed by atoms with Gasteiger partial charge < -0.3 is 24.7 Å². The summed E-state index contributed by atoms with van der Waals surface area (Å²) in [7, 11) is 0. The van der Waals surface area contributed by atoms with E-state index >= 15 is 0 Å². The number of hydrogen-bond acceptors (Lipinski definition) is 5. The van der Waals surface area contributed by atoms with Crippen LogP contribution in [0.2, 0.25) is 0 Å². The molecule has 1 atom stereocenters. The summed E-state index contributed by atoms with van der Waals surface area (Å²) in [6.07, 6.45) is 5.72. The lowest BCUT2D eigenvalue weighted by molar-refractivity contribution is 0.140. The number of aromatic nitrogens is 3. The maximum Gasteiger partial charge on any atom is 0.191 e. The van der Waals surface area contributed by atoms with Crippen LogP contribution in [0, 0.1) is 6.92 Å². The van der Waals surface area contributed by atoms with Crippen molar-refractivity contribution in [1.82, 2.24) is 25.4 Å². The van der Waals surface area contributed by atoms with Crippen molar-refractivity contribution in [3.8, 4) is 5.75 Å². The van der Waals surface area contributed by atoms with E-state index in [1.54, 1.807) is 0 Å². The lowest BCUT2D eigenvalue weighted by Gasteiger charge is -2.16. The summed E-state index contributed by atoms with van der Waals surface area (Å²) in [6, 6.07) is 6.30. The molecule has 2 aliphatic rings. The number of rotatable bonds is 7. The number of nitrogens with one attached hydrogen (secondary N) is 2. The fourth-order valence-electron chi connectivity index (χ4n) is 4.03. The normalized spacial score (nSPS) is 19.0. The van der Waals surface area contributed by atoms with Crippen molar-refractivity contribution < 1.29 is 9.47 Å². The van der Waals surface area contributed by atoms with Crippen LogP contribution in [0.5, 0.6) is 5.75 Å². The Morgan fingerprint density at radius 3 is 3.03 bits per heavy atom. The summed E-state index contributed by atoms with van der Waals surface area (Å²) in [5.41, 5.74) is 2.25. The van der Waals surface area contributed by atoms with Gasteiger partial charge in [0.1, 0.15) is 17.7 Å². The Labute approximate surface area is 184 Å². The van der Waals surface area contributed by atoms with Crippen molar-refractivity contribution in [2.24, 2.45) is 4.99 Å². The smallest absolute Gasteiger partial charge is 0.191 e. The summed E-state index contributed by atoms with van der Waals surface area (Å²) in [6.45, 7) is 8.52. The first-order valence-electron chi connectivity index (χ1n) is 11.5. The highest BCUT2D eigenvalue weighted by atomic mass is 16.5. The Morgan fingerprint density at radius 2 is 2.19 bits per heavy atom. The second-order valence-corrected chi connectivity index (χ2v) is 8.26. The van der Waals surface area contributed by atoms with Crippen LogP contribution in [0.25, 0.3) is 0 Å². The highest BCUT2D eigenvalue weighted by molar-refractivity contribution is 5.79. The van der Waals surface area contributed by atoms with E-state index in [4.69, 9.17) is 14.5 Å². The van der Waals surface area contributed by atoms with E-state index in [-0.39, 0.29) is 6.10 Å². The highest BCUT2D eigenvalue weighted by Gasteiger charge is 2.19. The molecule has 1 aromatic heterocycles. The van der Waals surface area contributed by atoms with Gasteiger partial charge in [0, 0.05) is 31.5 Å². The van der Waals surface area contributed by atoms with Gasteiger partial charge in [-0.2, -0.15) is 0 Å². The number of hydrogen-bond donors (Lipinski definition) is 2. The predicted molar refractivity (Wildman–Crippen MR) is 120 cm³/mol. The highest BCUT2D eigenvalue weighted by Crippen LogP contribution is 2.24. The first-order chi connectivity index (χ1) is 15.2.